The third kappa shape index (κ3) is 3.97. The smallest absolute Gasteiger partial charge is 0.481 e. The Bertz CT molecular complexity index is 695. The molecule has 2 aromatic rings. The summed E-state index contributed by atoms with van der Waals surface area (Å²) < 4.78 is 54.7. The number of ether oxygens (including phenoxy) is 1. The van der Waals surface area contributed by atoms with Crippen LogP contribution in [0.15, 0.2) is 42.5 Å². The van der Waals surface area contributed by atoms with E-state index in [-0.39, 0.29) is 16.7 Å². The van der Waals surface area contributed by atoms with Crippen molar-refractivity contribution in [1.82, 2.24) is 0 Å². The van der Waals surface area contributed by atoms with E-state index in [2.05, 4.69) is 4.74 Å². The monoisotopic (exact) mass is 314 g/mol. The first-order valence-electron chi connectivity index (χ1n) is 6.11. The van der Waals surface area contributed by atoms with E-state index in [4.69, 9.17) is 5.11 Å². The Hall–Kier alpha value is -2.57. The lowest BCUT2D eigenvalue weighted by Gasteiger charge is -2.15. The molecule has 0 fully saturated rings. The van der Waals surface area contributed by atoms with Gasteiger partial charge >= 0.3 is 12.3 Å². The minimum Gasteiger partial charge on any atom is -0.481 e. The van der Waals surface area contributed by atoms with Crippen LogP contribution in [0, 0.1) is 5.82 Å². The highest BCUT2D eigenvalue weighted by Crippen LogP contribution is 2.36. The van der Waals surface area contributed by atoms with Crippen molar-refractivity contribution >= 4 is 5.97 Å². The number of halogens is 4. The molecule has 3 nitrogen and oxygen atoms in total. The Morgan fingerprint density at radius 1 is 1.09 bits per heavy atom. The molecule has 0 bridgehead atoms. The SMILES string of the molecule is O=C(O)Cc1ccc(F)cc1-c1ccccc1OC(F)(F)F. The molecule has 0 unspecified atom stereocenters. The van der Waals surface area contributed by atoms with Gasteiger partial charge in [-0.15, -0.1) is 13.2 Å². The van der Waals surface area contributed by atoms with Crippen molar-refractivity contribution in [2.45, 2.75) is 12.8 Å². The Labute approximate surface area is 122 Å². The van der Waals surface area contributed by atoms with Gasteiger partial charge in [0.25, 0.3) is 0 Å². The van der Waals surface area contributed by atoms with Crippen LogP contribution in [0.25, 0.3) is 11.1 Å². The van der Waals surface area contributed by atoms with E-state index in [0.29, 0.717) is 0 Å². The van der Waals surface area contributed by atoms with Gasteiger partial charge in [0.1, 0.15) is 11.6 Å². The van der Waals surface area contributed by atoms with Crippen molar-refractivity contribution in [1.29, 1.82) is 0 Å². The van der Waals surface area contributed by atoms with E-state index in [1.165, 1.54) is 24.3 Å². The maximum absolute atomic E-state index is 13.4. The fourth-order valence-corrected chi connectivity index (χ4v) is 2.02. The summed E-state index contributed by atoms with van der Waals surface area (Å²) in [5.41, 5.74) is 0.199. The summed E-state index contributed by atoms with van der Waals surface area (Å²) in [6.45, 7) is 0. The fourth-order valence-electron chi connectivity index (χ4n) is 2.02. The van der Waals surface area contributed by atoms with Crippen molar-refractivity contribution in [3.8, 4) is 16.9 Å². The topological polar surface area (TPSA) is 46.5 Å². The molecule has 0 saturated carbocycles. The zero-order valence-electron chi connectivity index (χ0n) is 11.0. The number of carbonyl (C=O) groups is 1. The van der Waals surface area contributed by atoms with Gasteiger partial charge in [0.2, 0.25) is 0 Å². The molecule has 2 rings (SSSR count). The van der Waals surface area contributed by atoms with Gasteiger partial charge in [-0.3, -0.25) is 4.79 Å². The van der Waals surface area contributed by atoms with Crippen LogP contribution in [-0.4, -0.2) is 17.4 Å². The van der Waals surface area contributed by atoms with E-state index < -0.39 is 30.3 Å². The van der Waals surface area contributed by atoms with Gasteiger partial charge in [-0.2, -0.15) is 0 Å². The van der Waals surface area contributed by atoms with Crippen molar-refractivity contribution in [3.05, 3.63) is 53.8 Å². The van der Waals surface area contributed by atoms with Gasteiger partial charge in [0.05, 0.1) is 6.42 Å². The van der Waals surface area contributed by atoms with E-state index >= 15 is 0 Å². The minimum absolute atomic E-state index is 0.0319. The zero-order chi connectivity index (χ0) is 16.3. The van der Waals surface area contributed by atoms with Crippen molar-refractivity contribution in [2.24, 2.45) is 0 Å². The van der Waals surface area contributed by atoms with Crippen LogP contribution in [0.1, 0.15) is 5.56 Å². The van der Waals surface area contributed by atoms with Crippen LogP contribution in [0.3, 0.4) is 0 Å². The zero-order valence-corrected chi connectivity index (χ0v) is 11.0. The summed E-state index contributed by atoms with van der Waals surface area (Å²) in [6.07, 6.45) is -5.35. The highest BCUT2D eigenvalue weighted by Gasteiger charge is 2.32. The van der Waals surface area contributed by atoms with Gasteiger partial charge in [-0.25, -0.2) is 4.39 Å². The quantitative estimate of drug-likeness (QED) is 0.867. The lowest BCUT2D eigenvalue weighted by molar-refractivity contribution is -0.274. The van der Waals surface area contributed by atoms with Crippen molar-refractivity contribution < 1.29 is 32.2 Å². The molecular formula is C15H10F4O3. The number of benzene rings is 2. The number of carboxylic acid groups (broad SMARTS) is 1. The lowest BCUT2D eigenvalue weighted by atomic mass is 9.97. The second kappa shape index (κ2) is 6.05. The van der Waals surface area contributed by atoms with Gasteiger partial charge in [-0.1, -0.05) is 24.3 Å². The fraction of sp³-hybridized carbons (Fsp3) is 0.133. The molecule has 0 atom stereocenters. The number of hydrogen-bond acceptors (Lipinski definition) is 2. The molecule has 0 radical (unpaired) electrons. The molecule has 0 spiro atoms. The summed E-state index contributed by atoms with van der Waals surface area (Å²) in [5, 5.41) is 8.86. The molecule has 0 aliphatic rings. The summed E-state index contributed by atoms with van der Waals surface area (Å²) in [4.78, 5) is 10.8. The Morgan fingerprint density at radius 2 is 1.77 bits per heavy atom. The molecule has 0 aliphatic heterocycles. The molecule has 7 heteroatoms. The third-order valence-corrected chi connectivity index (χ3v) is 2.82. The van der Waals surface area contributed by atoms with E-state index in [9.17, 15) is 22.4 Å². The van der Waals surface area contributed by atoms with Crippen molar-refractivity contribution in [3.63, 3.8) is 0 Å². The van der Waals surface area contributed by atoms with Gasteiger partial charge < -0.3 is 9.84 Å². The van der Waals surface area contributed by atoms with E-state index in [1.807, 2.05) is 0 Å². The summed E-state index contributed by atoms with van der Waals surface area (Å²) in [5.74, 6) is -2.39. The number of carboxylic acids is 1. The Kier molecular flexibility index (Phi) is 4.35. The van der Waals surface area contributed by atoms with Crippen LogP contribution < -0.4 is 4.74 Å². The molecular weight excluding hydrogens is 304 g/mol. The predicted molar refractivity (Wildman–Crippen MR) is 69.9 cm³/mol. The highest BCUT2D eigenvalue weighted by atomic mass is 19.4. The molecule has 0 saturated heterocycles. The summed E-state index contributed by atoms with van der Waals surface area (Å²) >= 11 is 0. The summed E-state index contributed by atoms with van der Waals surface area (Å²) in [6, 6.07) is 8.43. The van der Waals surface area contributed by atoms with Crippen LogP contribution in [0.4, 0.5) is 17.6 Å². The Balaban J connectivity index is 2.56. The maximum Gasteiger partial charge on any atom is 0.573 e. The third-order valence-electron chi connectivity index (χ3n) is 2.82. The number of aliphatic carboxylic acids is 1. The minimum atomic E-state index is -4.91. The van der Waals surface area contributed by atoms with Crippen molar-refractivity contribution in [2.75, 3.05) is 0 Å². The first-order valence-corrected chi connectivity index (χ1v) is 6.11. The predicted octanol–water partition coefficient (Wildman–Crippen LogP) is 4.02. The van der Waals surface area contributed by atoms with Crippen LogP contribution in [0.2, 0.25) is 0 Å². The van der Waals surface area contributed by atoms with Gasteiger partial charge in [-0.05, 0) is 29.3 Å². The molecule has 0 aliphatic carbocycles. The number of alkyl halides is 3. The molecule has 0 heterocycles. The molecule has 22 heavy (non-hydrogen) atoms. The molecule has 0 amide bonds. The second-order valence-corrected chi connectivity index (χ2v) is 4.42. The number of para-hydroxylation sites is 1. The summed E-state index contributed by atoms with van der Waals surface area (Å²) in [7, 11) is 0. The average molecular weight is 314 g/mol. The standard InChI is InChI=1S/C15H10F4O3/c16-10-6-5-9(7-14(20)21)12(8-10)11-3-1-2-4-13(11)22-15(17,18)19/h1-6,8H,7H2,(H,20,21). The van der Waals surface area contributed by atoms with Crippen LogP contribution in [-0.2, 0) is 11.2 Å². The van der Waals surface area contributed by atoms with Gasteiger partial charge in [0, 0.05) is 5.56 Å². The normalized spacial score (nSPS) is 11.3. The molecule has 1 N–H and O–H groups in total. The molecule has 0 aromatic heterocycles. The van der Waals surface area contributed by atoms with Crippen LogP contribution in [0.5, 0.6) is 5.75 Å². The van der Waals surface area contributed by atoms with Gasteiger partial charge in [0.15, 0.2) is 0 Å². The molecule has 2 aromatic carbocycles. The largest absolute Gasteiger partial charge is 0.573 e. The van der Waals surface area contributed by atoms with Crippen LogP contribution >= 0.6 is 0 Å². The number of rotatable bonds is 4. The maximum atomic E-state index is 13.4. The molecule has 116 valence electrons. The van der Waals surface area contributed by atoms with E-state index in [0.717, 1.165) is 18.2 Å². The first-order chi connectivity index (χ1) is 10.3. The lowest BCUT2D eigenvalue weighted by Crippen LogP contribution is -2.17. The average Bonchev–Trinajstić information content (AvgIpc) is 2.39. The Morgan fingerprint density at radius 3 is 2.41 bits per heavy atom. The highest BCUT2D eigenvalue weighted by molar-refractivity contribution is 5.79. The first kappa shape index (κ1) is 15.8. The second-order valence-electron chi connectivity index (χ2n) is 4.42. The number of hydrogen-bond donors (Lipinski definition) is 1. The van der Waals surface area contributed by atoms with E-state index in [1.54, 1.807) is 0 Å².